The van der Waals surface area contributed by atoms with E-state index in [-0.39, 0.29) is 6.54 Å². The zero-order valence-electron chi connectivity index (χ0n) is 13.1. The molecule has 1 aromatic rings. The van der Waals surface area contributed by atoms with Crippen LogP contribution < -0.4 is 0 Å². The van der Waals surface area contributed by atoms with Crippen LogP contribution in [0, 0.1) is 17.2 Å². The molecule has 0 radical (unpaired) electrons. The molecule has 0 saturated carbocycles. The second kappa shape index (κ2) is 6.65. The van der Waals surface area contributed by atoms with Gasteiger partial charge >= 0.3 is 12.1 Å². The molecule has 10 heteroatoms. The molecular formula is C15H15F3N2O4S. The number of sulfonamides is 1. The van der Waals surface area contributed by atoms with Gasteiger partial charge < -0.3 is 5.11 Å². The van der Waals surface area contributed by atoms with E-state index in [1.54, 1.807) is 6.92 Å². The van der Waals surface area contributed by atoms with Crippen LogP contribution in [0.1, 0.15) is 30.9 Å². The number of benzene rings is 1. The Bertz CT molecular complexity index is 830. The molecule has 1 aliphatic heterocycles. The third-order valence-corrected chi connectivity index (χ3v) is 6.23. The highest BCUT2D eigenvalue weighted by atomic mass is 32.2. The largest absolute Gasteiger partial charge is 0.481 e. The van der Waals surface area contributed by atoms with Gasteiger partial charge in [0.2, 0.25) is 10.0 Å². The molecule has 1 fully saturated rings. The zero-order valence-corrected chi connectivity index (χ0v) is 13.9. The lowest BCUT2D eigenvalue weighted by atomic mass is 9.96. The Morgan fingerprint density at radius 3 is 2.52 bits per heavy atom. The summed E-state index contributed by atoms with van der Waals surface area (Å²) in [5.74, 6) is -2.04. The van der Waals surface area contributed by atoms with E-state index in [2.05, 4.69) is 0 Å². The normalized spacial score (nSPS) is 22.4. The molecule has 1 N–H and O–H groups in total. The van der Waals surface area contributed by atoms with Crippen molar-refractivity contribution >= 4 is 16.0 Å². The number of carboxylic acid groups (broad SMARTS) is 1. The molecule has 2 atom stereocenters. The molecule has 0 aromatic heterocycles. The number of carbonyl (C=O) groups is 1. The van der Waals surface area contributed by atoms with Crippen molar-refractivity contribution in [3.05, 3.63) is 29.3 Å². The first-order valence-corrected chi connectivity index (χ1v) is 8.78. The van der Waals surface area contributed by atoms with Gasteiger partial charge in [-0.2, -0.15) is 22.7 Å². The highest BCUT2D eigenvalue weighted by Gasteiger charge is 2.39. The van der Waals surface area contributed by atoms with Crippen molar-refractivity contribution < 1.29 is 31.5 Å². The van der Waals surface area contributed by atoms with Gasteiger partial charge in [-0.1, -0.05) is 0 Å². The van der Waals surface area contributed by atoms with E-state index < -0.39 is 50.2 Å². The summed E-state index contributed by atoms with van der Waals surface area (Å²) in [6, 6.07) is 2.78. The molecule has 0 aliphatic carbocycles. The van der Waals surface area contributed by atoms with Gasteiger partial charge in [-0.15, -0.1) is 0 Å². The summed E-state index contributed by atoms with van der Waals surface area (Å²) in [7, 11) is -4.30. The van der Waals surface area contributed by atoms with Crippen molar-refractivity contribution in [3.8, 4) is 6.07 Å². The molecule has 1 aliphatic rings. The van der Waals surface area contributed by atoms with E-state index in [4.69, 9.17) is 10.4 Å². The summed E-state index contributed by atoms with van der Waals surface area (Å²) in [5.41, 5.74) is -1.75. The molecule has 2 unspecified atom stereocenters. The van der Waals surface area contributed by atoms with Crippen molar-refractivity contribution in [1.82, 2.24) is 4.31 Å². The van der Waals surface area contributed by atoms with Gasteiger partial charge in [0.1, 0.15) is 6.07 Å². The molecule has 0 amide bonds. The lowest BCUT2D eigenvalue weighted by Crippen LogP contribution is -2.47. The molecule has 1 aromatic carbocycles. The van der Waals surface area contributed by atoms with Crippen LogP contribution in [0.25, 0.3) is 0 Å². The van der Waals surface area contributed by atoms with Gasteiger partial charge in [-0.05, 0) is 38.0 Å². The van der Waals surface area contributed by atoms with Crippen LogP contribution in [-0.4, -0.2) is 36.4 Å². The maximum absolute atomic E-state index is 12.8. The number of carboxylic acids is 1. The summed E-state index contributed by atoms with van der Waals surface area (Å²) in [5, 5.41) is 18.2. The Hall–Kier alpha value is -2.12. The lowest BCUT2D eigenvalue weighted by molar-refractivity contribution is -0.143. The van der Waals surface area contributed by atoms with Crippen LogP contribution in [0.15, 0.2) is 23.1 Å². The second-order valence-corrected chi connectivity index (χ2v) is 7.72. The summed E-state index contributed by atoms with van der Waals surface area (Å²) in [4.78, 5) is 10.6. The number of halogens is 3. The molecule has 136 valence electrons. The summed E-state index contributed by atoms with van der Waals surface area (Å²) < 4.78 is 64.8. The van der Waals surface area contributed by atoms with Crippen LogP contribution in [-0.2, 0) is 21.0 Å². The van der Waals surface area contributed by atoms with Crippen LogP contribution in [0.5, 0.6) is 0 Å². The highest BCUT2D eigenvalue weighted by Crippen LogP contribution is 2.34. The van der Waals surface area contributed by atoms with E-state index in [0.717, 1.165) is 10.4 Å². The number of piperidine rings is 1. The number of alkyl halides is 3. The van der Waals surface area contributed by atoms with Gasteiger partial charge in [0.05, 0.1) is 21.9 Å². The Kier molecular flexibility index (Phi) is 5.11. The van der Waals surface area contributed by atoms with Crippen LogP contribution >= 0.6 is 0 Å². The minimum atomic E-state index is -4.71. The summed E-state index contributed by atoms with van der Waals surface area (Å²) in [6.45, 7) is 1.30. The molecule has 1 saturated heterocycles. The SMILES string of the molecule is CC1CCC(C(=O)O)CN1S(=O)(=O)c1ccc(C(F)(F)F)cc1C#N. The fourth-order valence-electron chi connectivity index (χ4n) is 2.76. The van der Waals surface area contributed by atoms with Crippen LogP contribution in [0.3, 0.4) is 0 Å². The van der Waals surface area contributed by atoms with Gasteiger partial charge in [0.25, 0.3) is 0 Å². The lowest BCUT2D eigenvalue weighted by Gasteiger charge is -2.35. The Balaban J connectivity index is 2.49. The van der Waals surface area contributed by atoms with Crippen molar-refractivity contribution in [2.24, 2.45) is 5.92 Å². The van der Waals surface area contributed by atoms with Gasteiger partial charge in [-0.25, -0.2) is 8.42 Å². The smallest absolute Gasteiger partial charge is 0.416 e. The van der Waals surface area contributed by atoms with E-state index in [1.165, 1.54) is 6.07 Å². The zero-order chi connectivity index (χ0) is 19.0. The average Bonchev–Trinajstić information content (AvgIpc) is 2.53. The number of aliphatic carboxylic acids is 1. The van der Waals surface area contributed by atoms with E-state index in [9.17, 15) is 26.4 Å². The fourth-order valence-corrected chi connectivity index (χ4v) is 4.59. The predicted molar refractivity (Wildman–Crippen MR) is 79.9 cm³/mol. The first-order chi connectivity index (χ1) is 11.5. The van der Waals surface area contributed by atoms with Crippen molar-refractivity contribution in [2.75, 3.05) is 6.54 Å². The first-order valence-electron chi connectivity index (χ1n) is 7.34. The van der Waals surface area contributed by atoms with Crippen molar-refractivity contribution in [2.45, 2.75) is 36.9 Å². The van der Waals surface area contributed by atoms with Gasteiger partial charge in [0, 0.05) is 12.6 Å². The van der Waals surface area contributed by atoms with E-state index in [0.29, 0.717) is 25.0 Å². The second-order valence-electron chi connectivity index (χ2n) is 5.86. The average molecular weight is 376 g/mol. The van der Waals surface area contributed by atoms with Crippen molar-refractivity contribution in [1.29, 1.82) is 5.26 Å². The number of hydrogen-bond acceptors (Lipinski definition) is 4. The third kappa shape index (κ3) is 3.77. The minimum Gasteiger partial charge on any atom is -0.481 e. The summed E-state index contributed by atoms with van der Waals surface area (Å²) >= 11 is 0. The predicted octanol–water partition coefficient (Wildman–Crippen LogP) is 2.45. The molecular weight excluding hydrogens is 361 g/mol. The molecule has 0 spiro atoms. The van der Waals surface area contributed by atoms with Crippen molar-refractivity contribution in [3.63, 3.8) is 0 Å². The fraction of sp³-hybridized carbons (Fsp3) is 0.467. The number of rotatable bonds is 3. The number of nitriles is 1. The maximum atomic E-state index is 12.8. The number of hydrogen-bond donors (Lipinski definition) is 1. The van der Waals surface area contributed by atoms with E-state index >= 15 is 0 Å². The monoisotopic (exact) mass is 376 g/mol. The topological polar surface area (TPSA) is 98.5 Å². The molecule has 25 heavy (non-hydrogen) atoms. The standard InChI is InChI=1S/C15H15F3N2O4S/c1-9-2-3-10(14(21)22)8-20(9)25(23,24)13-5-4-12(15(16,17)18)6-11(13)7-19/h4-6,9-10H,2-3,8H2,1H3,(H,21,22). The van der Waals surface area contributed by atoms with Crippen LogP contribution in [0.4, 0.5) is 13.2 Å². The Labute approximate surface area is 142 Å². The highest BCUT2D eigenvalue weighted by molar-refractivity contribution is 7.89. The first kappa shape index (κ1) is 19.2. The quantitative estimate of drug-likeness (QED) is 0.874. The number of nitrogens with zero attached hydrogens (tertiary/aromatic N) is 2. The Morgan fingerprint density at radius 2 is 2.00 bits per heavy atom. The maximum Gasteiger partial charge on any atom is 0.416 e. The Morgan fingerprint density at radius 1 is 1.36 bits per heavy atom. The minimum absolute atomic E-state index is 0.287. The summed E-state index contributed by atoms with van der Waals surface area (Å²) in [6.07, 6.45) is -4.10. The van der Waals surface area contributed by atoms with E-state index in [1.807, 2.05) is 0 Å². The molecule has 1 heterocycles. The molecule has 2 rings (SSSR count). The molecule has 6 nitrogen and oxygen atoms in total. The van der Waals surface area contributed by atoms with Crippen LogP contribution in [0.2, 0.25) is 0 Å². The third-order valence-electron chi connectivity index (χ3n) is 4.19. The van der Waals surface area contributed by atoms with Gasteiger partial charge in [0.15, 0.2) is 0 Å². The molecule has 0 bridgehead atoms. The van der Waals surface area contributed by atoms with Gasteiger partial charge in [-0.3, -0.25) is 4.79 Å².